The number of hydrogen-bond acceptors (Lipinski definition) is 0. The molecule has 0 fully saturated rings. The van der Waals surface area contributed by atoms with E-state index in [1.165, 1.54) is 6.42 Å². The molecule has 56 valence electrons. The largest absolute Gasteiger partial charge is 0.153 e. The molecule has 0 aromatic heterocycles. The van der Waals surface area contributed by atoms with Gasteiger partial charge in [0.05, 0.1) is 0 Å². The lowest BCUT2D eigenvalue weighted by atomic mass is 10.6. The quantitative estimate of drug-likeness (QED) is 0.473. The molecule has 0 saturated heterocycles. The summed E-state index contributed by atoms with van der Waals surface area (Å²) in [6, 6.07) is 0. The van der Waals surface area contributed by atoms with E-state index in [4.69, 9.17) is 0 Å². The highest BCUT2D eigenvalue weighted by molar-refractivity contribution is 7.15. The van der Waals surface area contributed by atoms with Crippen LogP contribution in [0.1, 0.15) is 34.1 Å². The Morgan fingerprint density at radius 2 is 1.00 bits per heavy atom. The Balaban J connectivity index is -0.0000000147. The molecule has 0 aliphatic heterocycles. The van der Waals surface area contributed by atoms with Gasteiger partial charge in [0, 0.05) is 0 Å². The molecular formula is C6H22P2. The SMILES string of the molecule is CC.CCC.CP.P. The molecule has 0 nitrogen and oxygen atoms in total. The van der Waals surface area contributed by atoms with Crippen molar-refractivity contribution in [3.63, 3.8) is 0 Å². The molecule has 0 aromatic carbocycles. The molecule has 0 spiro atoms. The minimum Gasteiger partial charge on any atom is -0.153 e. The molecule has 2 unspecified atom stereocenters. The van der Waals surface area contributed by atoms with Crippen molar-refractivity contribution in [3.8, 4) is 0 Å². The van der Waals surface area contributed by atoms with Crippen molar-refractivity contribution < 1.29 is 0 Å². The summed E-state index contributed by atoms with van der Waals surface area (Å²) in [7, 11) is 2.42. The highest BCUT2D eigenvalue weighted by Crippen LogP contribution is 1.56. The van der Waals surface area contributed by atoms with Crippen LogP contribution in [0.3, 0.4) is 0 Å². The van der Waals surface area contributed by atoms with Crippen molar-refractivity contribution >= 4 is 19.1 Å². The standard InChI is InChI=1S/C3H8.C2H6.CH5P.H3P/c1-3-2;2*1-2;/h3H2,1-2H3;1-2H3;2H2,1H3;1H3. The van der Waals surface area contributed by atoms with Crippen molar-refractivity contribution in [2.45, 2.75) is 34.1 Å². The Hall–Kier alpha value is 0.860. The van der Waals surface area contributed by atoms with Crippen LogP contribution in [0.4, 0.5) is 0 Å². The number of hydrogen-bond donors (Lipinski definition) is 0. The molecule has 2 atom stereocenters. The predicted molar refractivity (Wildman–Crippen MR) is 54.1 cm³/mol. The Bertz CT molecular complexity index is 6.49. The Kier molecular flexibility index (Phi) is 310. The Morgan fingerprint density at radius 3 is 1.00 bits per heavy atom. The van der Waals surface area contributed by atoms with Gasteiger partial charge in [-0.3, -0.25) is 0 Å². The van der Waals surface area contributed by atoms with Gasteiger partial charge in [0.2, 0.25) is 0 Å². The fourth-order valence-corrected chi connectivity index (χ4v) is 0. The zero-order valence-electron chi connectivity index (χ0n) is 6.99. The lowest BCUT2D eigenvalue weighted by Crippen LogP contribution is -1.27. The third-order valence-electron chi connectivity index (χ3n) is 0. The highest BCUT2D eigenvalue weighted by atomic mass is 31.0. The van der Waals surface area contributed by atoms with E-state index in [0.29, 0.717) is 0 Å². The Labute approximate surface area is 60.7 Å². The van der Waals surface area contributed by atoms with Gasteiger partial charge in [-0.15, -0.1) is 9.24 Å². The molecule has 0 bridgehead atoms. The van der Waals surface area contributed by atoms with Crippen LogP contribution in [0, 0.1) is 0 Å². The molecule has 0 rings (SSSR count). The topological polar surface area (TPSA) is 0 Å². The van der Waals surface area contributed by atoms with E-state index < -0.39 is 0 Å². The summed E-state index contributed by atoms with van der Waals surface area (Å²) in [4.78, 5) is 0. The number of rotatable bonds is 0. The summed E-state index contributed by atoms with van der Waals surface area (Å²) in [6.07, 6.45) is 1.25. The Morgan fingerprint density at radius 1 is 1.00 bits per heavy atom. The van der Waals surface area contributed by atoms with Gasteiger partial charge in [0.15, 0.2) is 0 Å². The van der Waals surface area contributed by atoms with E-state index in [0.717, 1.165) is 0 Å². The van der Waals surface area contributed by atoms with Crippen molar-refractivity contribution in [1.29, 1.82) is 0 Å². The van der Waals surface area contributed by atoms with Crippen LogP contribution >= 0.6 is 19.1 Å². The molecular weight excluding hydrogens is 134 g/mol. The average Bonchev–Trinajstić information content (AvgIpc) is 1.78. The van der Waals surface area contributed by atoms with Crippen LogP contribution < -0.4 is 0 Å². The molecule has 0 amide bonds. The van der Waals surface area contributed by atoms with E-state index in [-0.39, 0.29) is 9.90 Å². The smallest absolute Gasteiger partial charge is 0.0500 e. The first-order valence-corrected chi connectivity index (χ1v) is 4.15. The summed E-state index contributed by atoms with van der Waals surface area (Å²) in [5, 5.41) is 0. The summed E-state index contributed by atoms with van der Waals surface area (Å²) in [5.41, 5.74) is 0. The monoisotopic (exact) mass is 156 g/mol. The maximum absolute atomic E-state index is 2.42. The van der Waals surface area contributed by atoms with E-state index in [1.54, 1.807) is 0 Å². The van der Waals surface area contributed by atoms with Crippen LogP contribution in [-0.4, -0.2) is 6.66 Å². The zero-order valence-corrected chi connectivity index (χ0v) is 9.56. The minimum atomic E-state index is 0. The summed E-state index contributed by atoms with van der Waals surface area (Å²) < 4.78 is 0. The first-order valence-electron chi connectivity index (χ1n) is 2.99. The van der Waals surface area contributed by atoms with Crippen LogP contribution in [0.15, 0.2) is 0 Å². The molecule has 0 radical (unpaired) electrons. The van der Waals surface area contributed by atoms with E-state index in [2.05, 4.69) is 23.1 Å². The van der Waals surface area contributed by atoms with Gasteiger partial charge in [-0.2, -0.15) is 9.90 Å². The van der Waals surface area contributed by atoms with Gasteiger partial charge in [-0.05, 0) is 0 Å². The van der Waals surface area contributed by atoms with E-state index in [9.17, 15) is 0 Å². The summed E-state index contributed by atoms with van der Waals surface area (Å²) in [5.74, 6) is 0. The maximum atomic E-state index is 2.42. The minimum absolute atomic E-state index is 0. The van der Waals surface area contributed by atoms with Crippen molar-refractivity contribution in [1.82, 2.24) is 0 Å². The highest BCUT2D eigenvalue weighted by Gasteiger charge is 1.35. The third-order valence-corrected chi connectivity index (χ3v) is 0. The zero-order chi connectivity index (χ0) is 6.71. The van der Waals surface area contributed by atoms with Crippen molar-refractivity contribution in [2.75, 3.05) is 6.66 Å². The molecule has 0 saturated carbocycles. The van der Waals surface area contributed by atoms with Gasteiger partial charge in [0.25, 0.3) is 0 Å². The molecule has 0 aliphatic rings. The second kappa shape index (κ2) is 107. The van der Waals surface area contributed by atoms with Crippen LogP contribution in [-0.2, 0) is 0 Å². The molecule has 2 heteroatoms. The van der Waals surface area contributed by atoms with Crippen LogP contribution in [0.2, 0.25) is 0 Å². The van der Waals surface area contributed by atoms with Crippen molar-refractivity contribution in [3.05, 3.63) is 0 Å². The lowest BCUT2D eigenvalue weighted by Gasteiger charge is -1.48. The van der Waals surface area contributed by atoms with E-state index in [1.807, 2.05) is 20.5 Å². The second-order valence-electron chi connectivity index (χ2n) is 0.707. The van der Waals surface area contributed by atoms with Gasteiger partial charge >= 0.3 is 0 Å². The normalized spacial score (nSPS) is 3.75. The molecule has 0 heterocycles. The first kappa shape index (κ1) is 23.2. The molecule has 8 heavy (non-hydrogen) atoms. The molecule has 0 N–H and O–H groups in total. The molecule has 0 aliphatic carbocycles. The fourth-order valence-electron chi connectivity index (χ4n) is 0. The second-order valence-corrected chi connectivity index (χ2v) is 0.707. The molecule has 0 aromatic rings. The lowest BCUT2D eigenvalue weighted by molar-refractivity contribution is 1.09. The van der Waals surface area contributed by atoms with Gasteiger partial charge in [0.1, 0.15) is 0 Å². The fraction of sp³-hybridized carbons (Fsp3) is 1.00. The van der Waals surface area contributed by atoms with Crippen molar-refractivity contribution in [2.24, 2.45) is 0 Å². The summed E-state index contributed by atoms with van der Waals surface area (Å²) in [6.45, 7) is 10.2. The van der Waals surface area contributed by atoms with Gasteiger partial charge in [-0.1, -0.05) is 40.8 Å². The van der Waals surface area contributed by atoms with Gasteiger partial charge < -0.3 is 0 Å². The van der Waals surface area contributed by atoms with E-state index >= 15 is 0 Å². The van der Waals surface area contributed by atoms with Crippen LogP contribution in [0.5, 0.6) is 0 Å². The summed E-state index contributed by atoms with van der Waals surface area (Å²) >= 11 is 0. The third kappa shape index (κ3) is 319. The predicted octanol–water partition coefficient (Wildman–Crippen LogP) is 2.99. The van der Waals surface area contributed by atoms with Gasteiger partial charge in [-0.25, -0.2) is 0 Å². The average molecular weight is 156 g/mol. The maximum Gasteiger partial charge on any atom is -0.0500 e. The van der Waals surface area contributed by atoms with Crippen LogP contribution in [0.25, 0.3) is 0 Å². The first-order chi connectivity index (χ1) is 3.41.